The second-order valence-corrected chi connectivity index (χ2v) is 4.57. The third kappa shape index (κ3) is 11.5. The molecule has 0 aliphatic carbocycles. The summed E-state index contributed by atoms with van der Waals surface area (Å²) in [6.45, 7) is 4.77. The first-order valence-corrected chi connectivity index (χ1v) is 7.33. The monoisotopic (exact) mass is 286 g/mol. The first kappa shape index (κ1) is 18.4. The Morgan fingerprint density at radius 1 is 1.10 bits per heavy atom. The van der Waals surface area contributed by atoms with E-state index in [4.69, 9.17) is 4.74 Å². The predicted molar refractivity (Wildman–Crippen MR) is 76.2 cm³/mol. The summed E-state index contributed by atoms with van der Waals surface area (Å²) in [5, 5.41) is 4.30. The predicted octanol–water partition coefficient (Wildman–Crippen LogP) is 2.13. The molecule has 0 saturated carbocycles. The number of rotatable bonds is 8. The molecule has 1 rings (SSSR count). The van der Waals surface area contributed by atoms with Gasteiger partial charge in [-0.25, -0.2) is 4.79 Å². The molecule has 6 nitrogen and oxygen atoms in total. The third-order valence-corrected chi connectivity index (χ3v) is 2.71. The molecule has 0 unspecified atom stereocenters. The molecule has 2 N–H and O–H groups in total. The van der Waals surface area contributed by atoms with Crippen LogP contribution < -0.4 is 10.6 Å². The van der Waals surface area contributed by atoms with Gasteiger partial charge >= 0.3 is 12.0 Å². The number of urea groups is 1. The van der Waals surface area contributed by atoms with Gasteiger partial charge in [0, 0.05) is 6.42 Å². The summed E-state index contributed by atoms with van der Waals surface area (Å²) >= 11 is 0. The van der Waals surface area contributed by atoms with E-state index >= 15 is 0 Å². The van der Waals surface area contributed by atoms with E-state index in [2.05, 4.69) is 12.2 Å². The number of carbonyl (C=O) groups excluding carboxylic acids is 3. The molecule has 1 saturated heterocycles. The average Bonchev–Trinajstić information content (AvgIpc) is 2.81. The zero-order valence-corrected chi connectivity index (χ0v) is 12.5. The first-order chi connectivity index (χ1) is 9.60. The molecule has 0 spiro atoms. The summed E-state index contributed by atoms with van der Waals surface area (Å²) < 4.78 is 4.96. The summed E-state index contributed by atoms with van der Waals surface area (Å²) in [4.78, 5) is 30.8. The normalized spacial score (nSPS) is 13.1. The minimum absolute atomic E-state index is 0.0754. The summed E-state index contributed by atoms with van der Waals surface area (Å²) in [7, 11) is 0. The molecule has 116 valence electrons. The Morgan fingerprint density at radius 2 is 1.75 bits per heavy atom. The Labute approximate surface area is 120 Å². The lowest BCUT2D eigenvalue weighted by molar-refractivity contribution is -0.143. The molecular weight excluding hydrogens is 260 g/mol. The molecule has 1 fully saturated rings. The van der Waals surface area contributed by atoms with Crippen LogP contribution in [-0.4, -0.2) is 31.1 Å². The quantitative estimate of drug-likeness (QED) is 0.406. The van der Waals surface area contributed by atoms with Crippen molar-refractivity contribution in [1.82, 2.24) is 10.6 Å². The highest BCUT2D eigenvalue weighted by Gasteiger charge is 2.14. The van der Waals surface area contributed by atoms with Crippen molar-refractivity contribution in [1.29, 1.82) is 0 Å². The van der Waals surface area contributed by atoms with Crippen molar-refractivity contribution in [2.24, 2.45) is 0 Å². The van der Waals surface area contributed by atoms with Gasteiger partial charge in [0.25, 0.3) is 0 Å². The standard InChI is InChI=1S/C11H22O2.C3H4N2O2/c1-3-5-6-7-8-9-10-13-11(12)4-2;6-2-1-4-3(7)5-2/h3-10H2,1-2H3;1H2,(H2,4,5,6,7). The van der Waals surface area contributed by atoms with Crippen LogP contribution in [0.15, 0.2) is 0 Å². The van der Waals surface area contributed by atoms with E-state index < -0.39 is 6.03 Å². The number of esters is 1. The van der Waals surface area contributed by atoms with Gasteiger partial charge in [-0.1, -0.05) is 46.0 Å². The van der Waals surface area contributed by atoms with Crippen LogP contribution in [-0.2, 0) is 14.3 Å². The van der Waals surface area contributed by atoms with E-state index in [-0.39, 0.29) is 18.4 Å². The van der Waals surface area contributed by atoms with Gasteiger partial charge in [0.15, 0.2) is 0 Å². The summed E-state index contributed by atoms with van der Waals surface area (Å²) in [6, 6.07) is -0.398. The minimum atomic E-state index is -0.398. The highest BCUT2D eigenvalue weighted by molar-refractivity contribution is 6.01. The Hall–Kier alpha value is -1.59. The fraction of sp³-hybridized carbons (Fsp3) is 0.786. The van der Waals surface area contributed by atoms with Gasteiger partial charge in [0.05, 0.1) is 13.2 Å². The molecule has 20 heavy (non-hydrogen) atoms. The average molecular weight is 286 g/mol. The fourth-order valence-electron chi connectivity index (χ4n) is 1.55. The van der Waals surface area contributed by atoms with Gasteiger partial charge < -0.3 is 10.1 Å². The number of imide groups is 1. The Balaban J connectivity index is 0.000000428. The number of amides is 3. The number of hydrogen-bond donors (Lipinski definition) is 2. The first-order valence-electron chi connectivity index (χ1n) is 7.33. The lowest BCUT2D eigenvalue weighted by atomic mass is 10.1. The smallest absolute Gasteiger partial charge is 0.321 e. The highest BCUT2D eigenvalue weighted by Crippen LogP contribution is 2.04. The molecule has 1 aliphatic heterocycles. The zero-order valence-electron chi connectivity index (χ0n) is 12.5. The summed E-state index contributed by atoms with van der Waals surface area (Å²) in [5.41, 5.74) is 0. The van der Waals surface area contributed by atoms with Crippen LogP contribution in [0.2, 0.25) is 0 Å². The molecule has 0 aromatic heterocycles. The topological polar surface area (TPSA) is 84.5 Å². The molecule has 0 atom stereocenters. The molecular formula is C14H26N2O4. The minimum Gasteiger partial charge on any atom is -0.466 e. The van der Waals surface area contributed by atoms with Crippen molar-refractivity contribution in [3.8, 4) is 0 Å². The Morgan fingerprint density at radius 3 is 2.20 bits per heavy atom. The Bertz CT molecular complexity index is 292. The number of unbranched alkanes of at least 4 members (excludes halogenated alkanes) is 5. The molecule has 0 bridgehead atoms. The molecule has 3 amide bonds. The molecule has 6 heteroatoms. The maximum atomic E-state index is 10.7. The van der Waals surface area contributed by atoms with Crippen LogP contribution in [0.5, 0.6) is 0 Å². The highest BCUT2D eigenvalue weighted by atomic mass is 16.5. The molecule has 1 aliphatic rings. The summed E-state index contributed by atoms with van der Waals surface area (Å²) in [5.74, 6) is -0.335. The van der Waals surface area contributed by atoms with Gasteiger partial charge in [-0.15, -0.1) is 0 Å². The van der Waals surface area contributed by atoms with Crippen LogP contribution in [0.4, 0.5) is 4.79 Å². The largest absolute Gasteiger partial charge is 0.466 e. The molecule has 0 aromatic carbocycles. The fourth-order valence-corrected chi connectivity index (χ4v) is 1.55. The van der Waals surface area contributed by atoms with Crippen LogP contribution in [0.1, 0.15) is 58.8 Å². The number of hydrogen-bond acceptors (Lipinski definition) is 4. The van der Waals surface area contributed by atoms with Gasteiger partial charge in [-0.3, -0.25) is 14.9 Å². The van der Waals surface area contributed by atoms with Gasteiger partial charge in [0.1, 0.15) is 0 Å². The van der Waals surface area contributed by atoms with Crippen molar-refractivity contribution in [3.05, 3.63) is 0 Å². The zero-order chi connectivity index (χ0) is 15.2. The van der Waals surface area contributed by atoms with Crippen LogP contribution in [0.3, 0.4) is 0 Å². The molecule has 0 radical (unpaired) electrons. The van der Waals surface area contributed by atoms with Crippen molar-refractivity contribution < 1.29 is 19.1 Å². The van der Waals surface area contributed by atoms with Crippen molar-refractivity contribution in [2.45, 2.75) is 58.8 Å². The second kappa shape index (κ2) is 12.4. The van der Waals surface area contributed by atoms with E-state index in [0.29, 0.717) is 13.0 Å². The third-order valence-electron chi connectivity index (χ3n) is 2.71. The summed E-state index contributed by atoms with van der Waals surface area (Å²) in [6.07, 6.45) is 7.91. The van der Waals surface area contributed by atoms with E-state index in [9.17, 15) is 14.4 Å². The maximum Gasteiger partial charge on any atom is 0.321 e. The molecule has 1 heterocycles. The lowest BCUT2D eigenvalue weighted by Gasteiger charge is -2.02. The number of ether oxygens (including phenoxy) is 1. The van der Waals surface area contributed by atoms with Crippen molar-refractivity contribution >= 4 is 17.9 Å². The second-order valence-electron chi connectivity index (χ2n) is 4.57. The van der Waals surface area contributed by atoms with Crippen molar-refractivity contribution in [3.63, 3.8) is 0 Å². The maximum absolute atomic E-state index is 10.7. The SMILES string of the molecule is CCCCCCCCOC(=O)CC.O=C1CNC(=O)N1. The van der Waals surface area contributed by atoms with Crippen molar-refractivity contribution in [2.75, 3.05) is 13.2 Å². The lowest BCUT2D eigenvalue weighted by Crippen LogP contribution is -2.22. The number of nitrogens with one attached hydrogen (secondary N) is 2. The number of carbonyl (C=O) groups is 3. The Kier molecular flexibility index (Phi) is 11.5. The van der Waals surface area contributed by atoms with E-state index in [1.54, 1.807) is 0 Å². The van der Waals surface area contributed by atoms with Crippen LogP contribution in [0.25, 0.3) is 0 Å². The van der Waals surface area contributed by atoms with E-state index in [1.807, 2.05) is 12.2 Å². The van der Waals surface area contributed by atoms with Gasteiger partial charge in [-0.2, -0.15) is 0 Å². The van der Waals surface area contributed by atoms with Crippen LogP contribution in [0, 0.1) is 0 Å². The molecule has 0 aromatic rings. The van der Waals surface area contributed by atoms with E-state index in [1.165, 1.54) is 32.1 Å². The van der Waals surface area contributed by atoms with Crippen LogP contribution >= 0.6 is 0 Å². The van der Waals surface area contributed by atoms with Gasteiger partial charge in [0.2, 0.25) is 5.91 Å². The van der Waals surface area contributed by atoms with E-state index in [0.717, 1.165) is 6.42 Å². The van der Waals surface area contributed by atoms with Gasteiger partial charge in [-0.05, 0) is 6.42 Å².